The Labute approximate surface area is 242 Å². The van der Waals surface area contributed by atoms with E-state index in [4.69, 9.17) is 16.3 Å². The van der Waals surface area contributed by atoms with Crippen LogP contribution < -0.4 is 10.1 Å². The molecule has 0 amide bonds. The predicted octanol–water partition coefficient (Wildman–Crippen LogP) is 9.28. The van der Waals surface area contributed by atoms with Gasteiger partial charge >= 0.3 is 12.4 Å². The third-order valence-electron chi connectivity index (χ3n) is 6.65. The molecule has 0 fully saturated rings. The number of benzene rings is 4. The molecule has 222 valence electrons. The molecule has 0 aliphatic heterocycles. The van der Waals surface area contributed by atoms with Gasteiger partial charge in [0.15, 0.2) is 0 Å². The summed E-state index contributed by atoms with van der Waals surface area (Å²) in [5.74, 6) is -0.370. The summed E-state index contributed by atoms with van der Waals surface area (Å²) in [7, 11) is 0. The average Bonchev–Trinajstić information content (AvgIpc) is 2.94. The molecule has 0 saturated carbocycles. The van der Waals surface area contributed by atoms with E-state index in [1.54, 1.807) is 42.5 Å². The van der Waals surface area contributed by atoms with Crippen LogP contribution in [0.15, 0.2) is 84.9 Å². The maximum Gasteiger partial charge on any atom is 0.416 e. The maximum absolute atomic E-state index is 15.3. The molecule has 0 aromatic heterocycles. The highest BCUT2D eigenvalue weighted by Crippen LogP contribution is 2.36. The first-order valence-electron chi connectivity index (χ1n) is 12.8. The highest BCUT2D eigenvalue weighted by molar-refractivity contribution is 6.31. The van der Waals surface area contributed by atoms with Crippen LogP contribution in [0.25, 0.3) is 0 Å². The Bertz CT molecular complexity index is 1520. The number of hydrogen-bond donors (Lipinski definition) is 2. The van der Waals surface area contributed by atoms with E-state index in [9.17, 15) is 31.4 Å². The van der Waals surface area contributed by atoms with E-state index in [1.807, 2.05) is 6.92 Å². The molecule has 2 N–H and O–H groups in total. The fourth-order valence-electron chi connectivity index (χ4n) is 4.44. The Hall–Kier alpha value is -3.60. The van der Waals surface area contributed by atoms with Crippen LogP contribution in [0, 0.1) is 5.82 Å². The van der Waals surface area contributed by atoms with Crippen LogP contribution in [-0.2, 0) is 18.8 Å². The minimum absolute atomic E-state index is 0.176. The van der Waals surface area contributed by atoms with E-state index in [2.05, 4.69) is 5.32 Å². The van der Waals surface area contributed by atoms with Crippen molar-refractivity contribution in [2.75, 3.05) is 6.61 Å². The quantitative estimate of drug-likeness (QED) is 0.185. The number of alkyl halides is 6. The van der Waals surface area contributed by atoms with Gasteiger partial charge in [-0.15, -0.1) is 0 Å². The number of ether oxygens (including phenoxy) is 1. The lowest BCUT2D eigenvalue weighted by Crippen LogP contribution is -2.30. The maximum atomic E-state index is 15.3. The SMILES string of the molecule is CCc1cc(Oc2cccc(C(NC(CO)c3ccc(C(F)(F)F)cc3)c3ccc(C(F)(F)F)cc3F)c2)ccc1Cl. The van der Waals surface area contributed by atoms with Crippen molar-refractivity contribution in [1.82, 2.24) is 5.32 Å². The molecular weight excluding hydrogens is 587 g/mol. The van der Waals surface area contributed by atoms with Crippen LogP contribution in [0.3, 0.4) is 0 Å². The van der Waals surface area contributed by atoms with Crippen LogP contribution >= 0.6 is 11.6 Å². The second-order valence-electron chi connectivity index (χ2n) is 9.47. The largest absolute Gasteiger partial charge is 0.457 e. The predicted molar refractivity (Wildman–Crippen MR) is 145 cm³/mol. The van der Waals surface area contributed by atoms with Gasteiger partial charge in [-0.2, -0.15) is 26.3 Å². The lowest BCUT2D eigenvalue weighted by molar-refractivity contribution is -0.138. The summed E-state index contributed by atoms with van der Waals surface area (Å²) < 4.78 is 100. The van der Waals surface area contributed by atoms with E-state index in [-0.39, 0.29) is 11.1 Å². The summed E-state index contributed by atoms with van der Waals surface area (Å²) >= 11 is 6.19. The summed E-state index contributed by atoms with van der Waals surface area (Å²) in [6.07, 6.45) is -8.70. The molecule has 0 aliphatic rings. The van der Waals surface area contributed by atoms with Crippen molar-refractivity contribution in [3.63, 3.8) is 0 Å². The van der Waals surface area contributed by atoms with Crippen molar-refractivity contribution in [1.29, 1.82) is 0 Å². The molecular formula is C31H25ClF7NO2. The third kappa shape index (κ3) is 7.42. The molecule has 11 heteroatoms. The minimum Gasteiger partial charge on any atom is -0.457 e. The van der Waals surface area contributed by atoms with Gasteiger partial charge in [-0.1, -0.05) is 48.9 Å². The molecule has 0 spiro atoms. The average molecular weight is 612 g/mol. The Morgan fingerprint density at radius 2 is 1.43 bits per heavy atom. The van der Waals surface area contributed by atoms with Gasteiger partial charge in [-0.25, -0.2) is 4.39 Å². The number of hydrogen-bond acceptors (Lipinski definition) is 3. The Balaban J connectivity index is 1.74. The number of rotatable bonds is 9. The van der Waals surface area contributed by atoms with Crippen molar-refractivity contribution >= 4 is 11.6 Å². The van der Waals surface area contributed by atoms with Gasteiger partial charge in [0.25, 0.3) is 0 Å². The van der Waals surface area contributed by atoms with E-state index in [0.29, 0.717) is 34.6 Å². The zero-order valence-corrected chi connectivity index (χ0v) is 22.8. The highest BCUT2D eigenvalue weighted by Gasteiger charge is 2.33. The minimum atomic E-state index is -4.78. The van der Waals surface area contributed by atoms with Crippen LogP contribution in [0.2, 0.25) is 5.02 Å². The molecule has 4 rings (SSSR count). The second-order valence-corrected chi connectivity index (χ2v) is 9.88. The molecule has 42 heavy (non-hydrogen) atoms. The smallest absolute Gasteiger partial charge is 0.416 e. The zero-order valence-electron chi connectivity index (χ0n) is 22.0. The van der Waals surface area contributed by atoms with Crippen molar-refractivity contribution in [2.24, 2.45) is 0 Å². The molecule has 0 aliphatic carbocycles. The summed E-state index contributed by atoms with van der Waals surface area (Å²) in [6, 6.07) is 15.4. The lowest BCUT2D eigenvalue weighted by atomic mass is 9.94. The molecule has 4 aromatic carbocycles. The summed E-state index contributed by atoms with van der Waals surface area (Å²) in [6.45, 7) is 1.32. The van der Waals surface area contributed by atoms with E-state index < -0.39 is 48.0 Å². The van der Waals surface area contributed by atoms with Gasteiger partial charge in [0.2, 0.25) is 0 Å². The molecule has 2 unspecified atom stereocenters. The highest BCUT2D eigenvalue weighted by atomic mass is 35.5. The van der Waals surface area contributed by atoms with Gasteiger partial charge in [0, 0.05) is 10.6 Å². The van der Waals surface area contributed by atoms with Crippen LogP contribution in [0.1, 0.15) is 52.4 Å². The van der Waals surface area contributed by atoms with Crippen molar-refractivity contribution < 1.29 is 40.6 Å². The normalized spacial score (nSPS) is 13.6. The summed E-state index contributed by atoms with van der Waals surface area (Å²) in [4.78, 5) is 0. The number of aliphatic hydroxyl groups is 1. The number of nitrogens with one attached hydrogen (secondary N) is 1. The topological polar surface area (TPSA) is 41.5 Å². The molecule has 0 heterocycles. The molecule has 3 nitrogen and oxygen atoms in total. The molecule has 0 radical (unpaired) electrons. The monoisotopic (exact) mass is 611 g/mol. The molecule has 4 aromatic rings. The first-order valence-corrected chi connectivity index (χ1v) is 13.1. The zero-order chi connectivity index (χ0) is 30.7. The van der Waals surface area contributed by atoms with E-state index in [1.165, 1.54) is 12.1 Å². The van der Waals surface area contributed by atoms with Crippen molar-refractivity contribution in [2.45, 2.75) is 37.8 Å². The molecule has 2 atom stereocenters. The fraction of sp³-hybridized carbons (Fsp3) is 0.226. The van der Waals surface area contributed by atoms with Crippen molar-refractivity contribution in [3.8, 4) is 11.5 Å². The molecule has 0 saturated heterocycles. The van der Waals surface area contributed by atoms with Gasteiger partial charge in [0.05, 0.1) is 29.8 Å². The summed E-state index contributed by atoms with van der Waals surface area (Å²) in [5, 5.41) is 13.7. The van der Waals surface area contributed by atoms with Gasteiger partial charge in [-0.3, -0.25) is 5.32 Å². The van der Waals surface area contributed by atoms with E-state index in [0.717, 1.165) is 29.8 Å². The third-order valence-corrected chi connectivity index (χ3v) is 7.02. The number of aryl methyl sites for hydroxylation is 1. The van der Waals surface area contributed by atoms with Gasteiger partial charge in [0.1, 0.15) is 17.3 Å². The van der Waals surface area contributed by atoms with Crippen molar-refractivity contribution in [3.05, 3.63) is 129 Å². The standard InChI is InChI=1S/C31H25ClF7NO2/c1-2-18-14-24(11-13-26(18)32)42-23-5-3-4-20(15-23)29(25-12-10-22(16-27(25)33)31(37,38)39)40-28(17-41)19-6-8-21(9-7-19)30(34,35)36/h3-16,28-29,40-41H,2,17H2,1H3. The van der Waals surface area contributed by atoms with Crippen LogP contribution in [0.5, 0.6) is 11.5 Å². The van der Waals surface area contributed by atoms with Crippen LogP contribution in [0.4, 0.5) is 30.7 Å². The number of halogens is 8. The Morgan fingerprint density at radius 3 is 2.02 bits per heavy atom. The lowest BCUT2D eigenvalue weighted by Gasteiger charge is -2.27. The first kappa shape index (κ1) is 31.3. The molecule has 0 bridgehead atoms. The van der Waals surface area contributed by atoms with Crippen LogP contribution in [-0.4, -0.2) is 11.7 Å². The first-order chi connectivity index (χ1) is 19.8. The van der Waals surface area contributed by atoms with E-state index >= 15 is 4.39 Å². The Morgan fingerprint density at radius 1 is 0.786 bits per heavy atom. The number of aliphatic hydroxyl groups excluding tert-OH is 1. The second kappa shape index (κ2) is 12.7. The summed E-state index contributed by atoms with van der Waals surface area (Å²) in [5.41, 5.74) is -0.795. The Kier molecular flexibility index (Phi) is 9.50. The van der Waals surface area contributed by atoms with Gasteiger partial charge in [-0.05, 0) is 77.7 Å². The fourth-order valence-corrected chi connectivity index (χ4v) is 4.69. The van der Waals surface area contributed by atoms with Gasteiger partial charge < -0.3 is 9.84 Å².